The second-order valence-electron chi connectivity index (χ2n) is 8.04. The third-order valence-corrected chi connectivity index (χ3v) is 5.76. The molecule has 2 aromatic heterocycles. The van der Waals surface area contributed by atoms with E-state index in [1.165, 1.54) is 4.57 Å². The van der Waals surface area contributed by atoms with E-state index >= 15 is 0 Å². The Morgan fingerprint density at radius 1 is 0.879 bits per heavy atom. The molecule has 0 aliphatic rings. The minimum atomic E-state index is -0.249. The van der Waals surface area contributed by atoms with Gasteiger partial charge in [0.2, 0.25) is 5.82 Å². The van der Waals surface area contributed by atoms with E-state index in [1.807, 2.05) is 62.4 Å². The van der Waals surface area contributed by atoms with Crippen molar-refractivity contribution in [2.45, 2.75) is 52.6 Å². The summed E-state index contributed by atoms with van der Waals surface area (Å²) in [4.78, 5) is 26.0. The molecule has 0 amide bonds. The molecular formula is C25H28N6O2. The second kappa shape index (κ2) is 10.2. The van der Waals surface area contributed by atoms with E-state index in [9.17, 15) is 9.59 Å². The third-order valence-electron chi connectivity index (χ3n) is 5.76. The Labute approximate surface area is 191 Å². The predicted octanol–water partition coefficient (Wildman–Crippen LogP) is 3.66. The summed E-state index contributed by atoms with van der Waals surface area (Å²) in [5.41, 5.74) is 4.07. The van der Waals surface area contributed by atoms with Crippen molar-refractivity contribution < 1.29 is 0 Å². The van der Waals surface area contributed by atoms with Crippen LogP contribution in [0.5, 0.6) is 0 Å². The van der Waals surface area contributed by atoms with Crippen molar-refractivity contribution in [2.24, 2.45) is 0 Å². The Kier molecular flexibility index (Phi) is 6.92. The lowest BCUT2D eigenvalue weighted by atomic mass is 9.95. The van der Waals surface area contributed by atoms with Crippen molar-refractivity contribution in [3.8, 4) is 22.5 Å². The number of tetrazole rings is 1. The molecule has 2 aromatic carbocycles. The Hall–Kier alpha value is -3.81. The molecule has 0 atom stereocenters. The molecule has 0 saturated carbocycles. The molecule has 2 heterocycles. The van der Waals surface area contributed by atoms with Crippen LogP contribution < -0.4 is 11.2 Å². The molecule has 170 valence electrons. The van der Waals surface area contributed by atoms with Crippen LogP contribution in [-0.4, -0.2) is 29.8 Å². The van der Waals surface area contributed by atoms with E-state index in [2.05, 4.69) is 20.6 Å². The molecule has 0 bridgehead atoms. The molecule has 4 rings (SSSR count). The van der Waals surface area contributed by atoms with Gasteiger partial charge in [0, 0.05) is 23.9 Å². The van der Waals surface area contributed by atoms with Crippen molar-refractivity contribution in [2.75, 3.05) is 0 Å². The zero-order chi connectivity index (χ0) is 23.2. The quantitative estimate of drug-likeness (QED) is 0.425. The summed E-state index contributed by atoms with van der Waals surface area (Å²) < 4.78 is 3.11. The summed E-state index contributed by atoms with van der Waals surface area (Å²) >= 11 is 0. The molecule has 8 nitrogen and oxygen atoms in total. The number of nitrogens with one attached hydrogen (secondary N) is 1. The van der Waals surface area contributed by atoms with Crippen molar-refractivity contribution in [3.05, 3.63) is 86.7 Å². The second-order valence-corrected chi connectivity index (χ2v) is 8.04. The summed E-state index contributed by atoms with van der Waals surface area (Å²) in [5.74, 6) is 0.511. The highest BCUT2D eigenvalue weighted by molar-refractivity contribution is 5.82. The van der Waals surface area contributed by atoms with E-state index in [0.717, 1.165) is 47.2 Å². The van der Waals surface area contributed by atoms with Gasteiger partial charge in [0.15, 0.2) is 0 Å². The average molecular weight is 445 g/mol. The van der Waals surface area contributed by atoms with Crippen molar-refractivity contribution in [1.82, 2.24) is 29.8 Å². The highest BCUT2D eigenvalue weighted by atomic mass is 16.2. The lowest BCUT2D eigenvalue weighted by Gasteiger charge is -2.18. The fourth-order valence-corrected chi connectivity index (χ4v) is 4.10. The summed E-state index contributed by atoms with van der Waals surface area (Å²) in [7, 11) is 0. The first-order valence-electron chi connectivity index (χ1n) is 11.4. The molecule has 0 fully saturated rings. The summed E-state index contributed by atoms with van der Waals surface area (Å²) in [5, 5.41) is 14.5. The van der Waals surface area contributed by atoms with Crippen LogP contribution in [0.4, 0.5) is 0 Å². The maximum atomic E-state index is 13.4. The normalized spacial score (nSPS) is 11.1. The van der Waals surface area contributed by atoms with E-state index in [1.54, 1.807) is 10.6 Å². The maximum absolute atomic E-state index is 13.4. The van der Waals surface area contributed by atoms with Crippen LogP contribution in [0.1, 0.15) is 44.4 Å². The summed E-state index contributed by atoms with van der Waals surface area (Å²) in [6.45, 7) is 4.90. The maximum Gasteiger partial charge on any atom is 0.331 e. The van der Waals surface area contributed by atoms with Gasteiger partial charge in [-0.2, -0.15) is 5.21 Å². The van der Waals surface area contributed by atoms with Crippen molar-refractivity contribution in [3.63, 3.8) is 0 Å². The first kappa shape index (κ1) is 22.4. The van der Waals surface area contributed by atoms with E-state index < -0.39 is 0 Å². The van der Waals surface area contributed by atoms with Crippen LogP contribution in [0, 0.1) is 0 Å². The number of unbranched alkanes of at least 4 members (excludes halogenated alkanes) is 1. The Bertz CT molecular complexity index is 1340. The molecule has 1 N–H and O–H groups in total. The van der Waals surface area contributed by atoms with E-state index in [4.69, 9.17) is 0 Å². The number of nitrogens with zero attached hydrogens (tertiary/aromatic N) is 5. The third kappa shape index (κ3) is 4.69. The fourth-order valence-electron chi connectivity index (χ4n) is 4.10. The molecule has 8 heteroatoms. The van der Waals surface area contributed by atoms with Gasteiger partial charge in [-0.15, -0.1) is 10.2 Å². The standard InChI is InChI=1S/C25H28N6O2/c1-3-5-15-30-23(32)16-19(10-4-2)31(25(30)33)17-18-11-6-7-12-20(18)21-13-8-9-14-22(21)24-26-28-29-27-24/h6-9,11-14,16H,3-5,10,15,17H2,1-2H3,(H,26,27,28,29). The minimum absolute atomic E-state index is 0.219. The van der Waals surface area contributed by atoms with Gasteiger partial charge in [-0.25, -0.2) is 4.79 Å². The van der Waals surface area contributed by atoms with Gasteiger partial charge in [0.1, 0.15) is 0 Å². The van der Waals surface area contributed by atoms with Gasteiger partial charge in [-0.3, -0.25) is 13.9 Å². The zero-order valence-electron chi connectivity index (χ0n) is 19.0. The smallest absolute Gasteiger partial charge is 0.293 e. The van der Waals surface area contributed by atoms with Crippen LogP contribution in [0.15, 0.2) is 64.2 Å². The SMILES string of the molecule is CCCCn1c(=O)cc(CCC)n(Cc2ccccc2-c2ccccc2-c2nn[nH]n2)c1=O. The molecule has 0 radical (unpaired) electrons. The Morgan fingerprint density at radius 2 is 1.61 bits per heavy atom. The Balaban J connectivity index is 1.84. The number of hydrogen-bond acceptors (Lipinski definition) is 5. The lowest BCUT2D eigenvalue weighted by molar-refractivity contribution is 0.531. The van der Waals surface area contributed by atoms with Crippen molar-refractivity contribution >= 4 is 0 Å². The summed E-state index contributed by atoms with van der Waals surface area (Å²) in [6, 6.07) is 17.5. The largest absolute Gasteiger partial charge is 0.331 e. The van der Waals surface area contributed by atoms with E-state index in [-0.39, 0.29) is 11.2 Å². The van der Waals surface area contributed by atoms with Gasteiger partial charge in [0.05, 0.1) is 6.54 Å². The number of aryl methyl sites for hydroxylation is 1. The van der Waals surface area contributed by atoms with Crippen LogP contribution in [0.2, 0.25) is 0 Å². The van der Waals surface area contributed by atoms with E-state index in [0.29, 0.717) is 25.3 Å². The zero-order valence-corrected chi connectivity index (χ0v) is 19.0. The number of aromatic nitrogens is 6. The summed E-state index contributed by atoms with van der Waals surface area (Å²) in [6.07, 6.45) is 3.22. The fraction of sp³-hybridized carbons (Fsp3) is 0.320. The molecule has 0 spiro atoms. The van der Waals surface area contributed by atoms with Gasteiger partial charge in [0.25, 0.3) is 5.56 Å². The predicted molar refractivity (Wildman–Crippen MR) is 128 cm³/mol. The molecule has 0 aliphatic heterocycles. The Morgan fingerprint density at radius 3 is 2.30 bits per heavy atom. The van der Waals surface area contributed by atoms with Crippen LogP contribution in [0.25, 0.3) is 22.5 Å². The molecule has 4 aromatic rings. The van der Waals surface area contributed by atoms with Gasteiger partial charge < -0.3 is 0 Å². The highest BCUT2D eigenvalue weighted by Crippen LogP contribution is 2.32. The molecule has 0 saturated heterocycles. The van der Waals surface area contributed by atoms with Crippen LogP contribution >= 0.6 is 0 Å². The van der Waals surface area contributed by atoms with Gasteiger partial charge >= 0.3 is 5.69 Å². The monoisotopic (exact) mass is 444 g/mol. The molecule has 0 aliphatic carbocycles. The number of benzene rings is 2. The van der Waals surface area contributed by atoms with Gasteiger partial charge in [-0.05, 0) is 34.7 Å². The molecule has 0 unspecified atom stereocenters. The first-order valence-corrected chi connectivity index (χ1v) is 11.4. The van der Waals surface area contributed by atoms with Crippen LogP contribution in [-0.2, 0) is 19.5 Å². The average Bonchev–Trinajstić information content (AvgIpc) is 3.37. The number of rotatable bonds is 9. The highest BCUT2D eigenvalue weighted by Gasteiger charge is 2.16. The molecule has 33 heavy (non-hydrogen) atoms. The van der Waals surface area contributed by atoms with Crippen LogP contribution in [0.3, 0.4) is 0 Å². The topological polar surface area (TPSA) is 98.5 Å². The minimum Gasteiger partial charge on any atom is -0.293 e. The molecular weight excluding hydrogens is 416 g/mol. The van der Waals surface area contributed by atoms with Gasteiger partial charge in [-0.1, -0.05) is 75.2 Å². The van der Waals surface area contributed by atoms with Crippen molar-refractivity contribution in [1.29, 1.82) is 0 Å². The number of aromatic amines is 1. The first-order chi connectivity index (χ1) is 16.1. The lowest BCUT2D eigenvalue weighted by Crippen LogP contribution is -2.41. The number of hydrogen-bond donors (Lipinski definition) is 1. The number of H-pyrrole nitrogens is 1.